The molecular formula is C12H18ClN3O4. The van der Waals surface area contributed by atoms with Crippen LogP contribution in [-0.2, 0) is 4.79 Å². The smallest absolute Gasteiger partial charge is 0.312 e. The fourth-order valence-corrected chi connectivity index (χ4v) is 1.41. The maximum absolute atomic E-state index is 11.8. The summed E-state index contributed by atoms with van der Waals surface area (Å²) in [5.74, 6) is -0.529. The number of nitrogens with two attached hydrogens (primary N) is 1. The summed E-state index contributed by atoms with van der Waals surface area (Å²) in [5, 5.41) is 13.4. The monoisotopic (exact) mass is 303 g/mol. The molecule has 0 aliphatic heterocycles. The third-order valence-corrected chi connectivity index (χ3v) is 2.85. The Labute approximate surface area is 123 Å². The standard InChI is InChI=1S/C12H17N3O4.ClH/c1-7(8(2)13)12(16)14-9-4-5-11(19-3)10(6-9)15(17)18;/h4-8H,13H2,1-3H3,(H,14,16);1H. The van der Waals surface area contributed by atoms with Crippen LogP contribution in [0.1, 0.15) is 13.8 Å². The molecule has 0 aromatic heterocycles. The number of methoxy groups -OCH3 is 1. The van der Waals surface area contributed by atoms with Gasteiger partial charge in [0.25, 0.3) is 0 Å². The number of nitrogens with one attached hydrogen (secondary N) is 1. The molecule has 0 radical (unpaired) electrons. The van der Waals surface area contributed by atoms with Crippen LogP contribution in [0.15, 0.2) is 18.2 Å². The van der Waals surface area contributed by atoms with Gasteiger partial charge in [-0.05, 0) is 19.1 Å². The number of amides is 1. The quantitative estimate of drug-likeness (QED) is 0.638. The van der Waals surface area contributed by atoms with Gasteiger partial charge >= 0.3 is 5.69 Å². The average Bonchev–Trinajstić information content (AvgIpc) is 2.37. The molecule has 0 spiro atoms. The molecule has 0 heterocycles. The van der Waals surface area contributed by atoms with Gasteiger partial charge in [-0.3, -0.25) is 14.9 Å². The number of nitro benzene ring substituents is 1. The maximum atomic E-state index is 11.8. The summed E-state index contributed by atoms with van der Waals surface area (Å²) in [5.41, 5.74) is 5.76. The Balaban J connectivity index is 0.00000361. The summed E-state index contributed by atoms with van der Waals surface area (Å²) < 4.78 is 4.88. The number of hydrogen-bond acceptors (Lipinski definition) is 5. The molecule has 0 fully saturated rings. The fourth-order valence-electron chi connectivity index (χ4n) is 1.41. The second-order valence-electron chi connectivity index (χ2n) is 4.28. The number of carbonyl (C=O) groups is 1. The lowest BCUT2D eigenvalue weighted by Gasteiger charge is -2.15. The SMILES string of the molecule is COc1ccc(NC(=O)C(C)C(C)N)cc1[N+](=O)[O-].Cl. The molecule has 1 amide bonds. The number of hydrogen-bond donors (Lipinski definition) is 2. The van der Waals surface area contributed by atoms with Crippen molar-refractivity contribution in [2.75, 3.05) is 12.4 Å². The van der Waals surface area contributed by atoms with E-state index in [0.29, 0.717) is 5.69 Å². The van der Waals surface area contributed by atoms with E-state index in [-0.39, 0.29) is 41.7 Å². The van der Waals surface area contributed by atoms with E-state index in [2.05, 4.69) is 5.32 Å². The van der Waals surface area contributed by atoms with Gasteiger partial charge in [0, 0.05) is 17.8 Å². The molecule has 0 saturated carbocycles. The molecule has 3 N–H and O–H groups in total. The summed E-state index contributed by atoms with van der Waals surface area (Å²) in [6.07, 6.45) is 0. The predicted octanol–water partition coefficient (Wildman–Crippen LogP) is 1.95. The van der Waals surface area contributed by atoms with Crippen molar-refractivity contribution < 1.29 is 14.5 Å². The van der Waals surface area contributed by atoms with Gasteiger partial charge in [-0.2, -0.15) is 0 Å². The number of benzene rings is 1. The number of halogens is 1. The zero-order chi connectivity index (χ0) is 14.6. The van der Waals surface area contributed by atoms with E-state index >= 15 is 0 Å². The molecular weight excluding hydrogens is 286 g/mol. The summed E-state index contributed by atoms with van der Waals surface area (Å²) in [7, 11) is 1.35. The van der Waals surface area contributed by atoms with Crippen LogP contribution < -0.4 is 15.8 Å². The third-order valence-electron chi connectivity index (χ3n) is 2.85. The van der Waals surface area contributed by atoms with Crippen molar-refractivity contribution in [1.82, 2.24) is 0 Å². The first-order valence-electron chi connectivity index (χ1n) is 5.75. The van der Waals surface area contributed by atoms with Crippen LogP contribution in [0.4, 0.5) is 11.4 Å². The largest absolute Gasteiger partial charge is 0.490 e. The highest BCUT2D eigenvalue weighted by Gasteiger charge is 2.20. The first kappa shape index (κ1) is 18.1. The highest BCUT2D eigenvalue weighted by atomic mass is 35.5. The Morgan fingerprint density at radius 3 is 2.50 bits per heavy atom. The fraction of sp³-hybridized carbons (Fsp3) is 0.417. The van der Waals surface area contributed by atoms with Crippen LogP contribution >= 0.6 is 12.4 Å². The van der Waals surface area contributed by atoms with E-state index in [9.17, 15) is 14.9 Å². The lowest BCUT2D eigenvalue weighted by molar-refractivity contribution is -0.385. The topological polar surface area (TPSA) is 107 Å². The minimum Gasteiger partial charge on any atom is -0.490 e. The number of anilines is 1. The predicted molar refractivity (Wildman–Crippen MR) is 78.3 cm³/mol. The molecule has 1 aromatic rings. The van der Waals surface area contributed by atoms with Gasteiger partial charge in [-0.1, -0.05) is 6.92 Å². The summed E-state index contributed by atoms with van der Waals surface area (Å²) >= 11 is 0. The molecule has 1 aromatic carbocycles. The Morgan fingerprint density at radius 1 is 1.45 bits per heavy atom. The number of nitrogens with zero attached hydrogens (tertiary/aromatic N) is 1. The zero-order valence-corrected chi connectivity index (χ0v) is 12.3. The van der Waals surface area contributed by atoms with Crippen molar-refractivity contribution in [2.24, 2.45) is 11.7 Å². The maximum Gasteiger partial charge on any atom is 0.312 e. The molecule has 1 rings (SSSR count). The van der Waals surface area contributed by atoms with Crippen molar-refractivity contribution in [1.29, 1.82) is 0 Å². The van der Waals surface area contributed by atoms with Gasteiger partial charge in [0.05, 0.1) is 18.0 Å². The average molecular weight is 304 g/mol. The van der Waals surface area contributed by atoms with Crippen LogP contribution in [0.25, 0.3) is 0 Å². The van der Waals surface area contributed by atoms with Crippen LogP contribution in [0.2, 0.25) is 0 Å². The lowest BCUT2D eigenvalue weighted by atomic mass is 10.0. The van der Waals surface area contributed by atoms with Crippen molar-refractivity contribution in [3.05, 3.63) is 28.3 Å². The summed E-state index contributed by atoms with van der Waals surface area (Å²) in [6.45, 7) is 3.42. The summed E-state index contributed by atoms with van der Waals surface area (Å²) in [4.78, 5) is 22.1. The summed E-state index contributed by atoms with van der Waals surface area (Å²) in [6, 6.07) is 3.93. The van der Waals surface area contributed by atoms with Gasteiger partial charge < -0.3 is 15.8 Å². The molecule has 112 valence electrons. The second kappa shape index (κ2) is 7.66. The van der Waals surface area contributed by atoms with Crippen molar-refractivity contribution in [3.8, 4) is 5.75 Å². The van der Waals surface area contributed by atoms with Gasteiger partial charge in [0.1, 0.15) is 0 Å². The lowest BCUT2D eigenvalue weighted by Crippen LogP contribution is -2.34. The normalized spacial score (nSPS) is 12.8. The van der Waals surface area contributed by atoms with Crippen LogP contribution in [0.3, 0.4) is 0 Å². The molecule has 0 aliphatic carbocycles. The number of ether oxygens (including phenoxy) is 1. The van der Waals surface area contributed by atoms with Crippen LogP contribution in [-0.4, -0.2) is 24.0 Å². The molecule has 0 saturated heterocycles. The minimum absolute atomic E-state index is 0. The minimum atomic E-state index is -0.566. The van der Waals surface area contributed by atoms with E-state index in [0.717, 1.165) is 0 Å². The van der Waals surface area contributed by atoms with E-state index in [1.165, 1.54) is 25.3 Å². The van der Waals surface area contributed by atoms with Crippen LogP contribution in [0.5, 0.6) is 5.75 Å². The van der Waals surface area contributed by atoms with Crippen LogP contribution in [0, 0.1) is 16.0 Å². The molecule has 20 heavy (non-hydrogen) atoms. The molecule has 2 unspecified atom stereocenters. The Kier molecular flexibility index (Phi) is 6.95. The highest BCUT2D eigenvalue weighted by Crippen LogP contribution is 2.29. The van der Waals surface area contributed by atoms with Crippen molar-refractivity contribution in [3.63, 3.8) is 0 Å². The Bertz CT molecular complexity index is 494. The first-order valence-corrected chi connectivity index (χ1v) is 5.75. The Hall–Kier alpha value is -1.86. The molecule has 2 atom stereocenters. The second-order valence-corrected chi connectivity index (χ2v) is 4.28. The van der Waals surface area contributed by atoms with Gasteiger partial charge in [-0.15, -0.1) is 12.4 Å². The van der Waals surface area contributed by atoms with E-state index in [4.69, 9.17) is 10.5 Å². The molecule has 7 nitrogen and oxygen atoms in total. The van der Waals surface area contributed by atoms with Gasteiger partial charge in [-0.25, -0.2) is 0 Å². The van der Waals surface area contributed by atoms with E-state index < -0.39 is 4.92 Å². The Morgan fingerprint density at radius 2 is 2.05 bits per heavy atom. The zero-order valence-electron chi connectivity index (χ0n) is 11.5. The van der Waals surface area contributed by atoms with Gasteiger partial charge in [0.2, 0.25) is 5.91 Å². The number of rotatable bonds is 5. The first-order chi connectivity index (χ1) is 8.86. The van der Waals surface area contributed by atoms with Crippen molar-refractivity contribution >= 4 is 29.7 Å². The van der Waals surface area contributed by atoms with E-state index in [1.54, 1.807) is 13.8 Å². The molecule has 0 aliphatic rings. The number of nitro groups is 1. The highest BCUT2D eigenvalue weighted by molar-refractivity contribution is 5.93. The van der Waals surface area contributed by atoms with Crippen molar-refractivity contribution in [2.45, 2.75) is 19.9 Å². The number of carbonyl (C=O) groups excluding carboxylic acids is 1. The molecule has 0 bridgehead atoms. The van der Waals surface area contributed by atoms with Gasteiger partial charge in [0.15, 0.2) is 5.75 Å². The van der Waals surface area contributed by atoms with E-state index in [1.807, 2.05) is 0 Å². The molecule has 8 heteroatoms. The third kappa shape index (κ3) is 4.36.